The summed E-state index contributed by atoms with van der Waals surface area (Å²) in [4.78, 5) is 4.62. The van der Waals surface area contributed by atoms with Gasteiger partial charge in [0.15, 0.2) is 5.11 Å². The monoisotopic (exact) mass is 427 g/mol. The molecule has 0 aromatic heterocycles. The van der Waals surface area contributed by atoms with Gasteiger partial charge >= 0.3 is 0 Å². The third-order valence-corrected chi connectivity index (χ3v) is 5.80. The number of nitrogens with zero attached hydrogens (tertiary/aromatic N) is 2. The molecule has 3 rings (SSSR count). The van der Waals surface area contributed by atoms with E-state index in [0.717, 1.165) is 48.4 Å². The quantitative estimate of drug-likeness (QED) is 0.702. The SMILES string of the molecule is S=C(NCc1ccc(Cl)cc1)N1CCN(Cc2ccc(Cl)c(Cl)c2)CC1. The van der Waals surface area contributed by atoms with Crippen molar-refractivity contribution in [3.8, 4) is 0 Å². The topological polar surface area (TPSA) is 18.5 Å². The van der Waals surface area contributed by atoms with Gasteiger partial charge in [0.25, 0.3) is 0 Å². The molecule has 0 amide bonds. The minimum atomic E-state index is 0.595. The van der Waals surface area contributed by atoms with Gasteiger partial charge in [0.05, 0.1) is 10.0 Å². The van der Waals surface area contributed by atoms with Crippen LogP contribution in [-0.2, 0) is 13.1 Å². The molecule has 0 unspecified atom stereocenters. The second-order valence-electron chi connectivity index (χ2n) is 6.30. The van der Waals surface area contributed by atoms with E-state index in [1.54, 1.807) is 0 Å². The molecule has 0 saturated carbocycles. The zero-order chi connectivity index (χ0) is 18.5. The molecule has 26 heavy (non-hydrogen) atoms. The van der Waals surface area contributed by atoms with Crippen molar-refractivity contribution in [1.29, 1.82) is 0 Å². The first-order chi connectivity index (χ1) is 12.5. The van der Waals surface area contributed by atoms with Crippen molar-refractivity contribution in [3.63, 3.8) is 0 Å². The third kappa shape index (κ3) is 5.48. The van der Waals surface area contributed by atoms with Crippen LogP contribution in [0.4, 0.5) is 0 Å². The molecule has 7 heteroatoms. The van der Waals surface area contributed by atoms with Gasteiger partial charge in [0, 0.05) is 44.3 Å². The smallest absolute Gasteiger partial charge is 0.169 e. The molecular weight excluding hydrogens is 409 g/mol. The van der Waals surface area contributed by atoms with Crippen molar-refractivity contribution < 1.29 is 0 Å². The average molecular weight is 429 g/mol. The molecule has 2 aromatic carbocycles. The second-order valence-corrected chi connectivity index (χ2v) is 7.93. The van der Waals surface area contributed by atoms with E-state index in [4.69, 9.17) is 47.0 Å². The first-order valence-corrected chi connectivity index (χ1v) is 9.99. The summed E-state index contributed by atoms with van der Waals surface area (Å²) in [7, 11) is 0. The van der Waals surface area contributed by atoms with E-state index in [2.05, 4.69) is 15.1 Å². The first kappa shape index (κ1) is 19.7. The molecule has 138 valence electrons. The molecule has 1 heterocycles. The van der Waals surface area contributed by atoms with E-state index in [-0.39, 0.29) is 0 Å². The highest BCUT2D eigenvalue weighted by molar-refractivity contribution is 7.80. The Labute approximate surface area is 174 Å². The van der Waals surface area contributed by atoms with Crippen molar-refractivity contribution >= 4 is 52.1 Å². The Morgan fingerprint density at radius 2 is 1.54 bits per heavy atom. The number of halogens is 3. The van der Waals surface area contributed by atoms with Crippen LogP contribution < -0.4 is 5.32 Å². The molecular formula is C19H20Cl3N3S. The highest BCUT2D eigenvalue weighted by Crippen LogP contribution is 2.23. The number of rotatable bonds is 4. The molecule has 1 N–H and O–H groups in total. The van der Waals surface area contributed by atoms with Gasteiger partial charge in [-0.15, -0.1) is 0 Å². The maximum atomic E-state index is 6.10. The lowest BCUT2D eigenvalue weighted by molar-refractivity contribution is 0.174. The Morgan fingerprint density at radius 1 is 0.885 bits per heavy atom. The molecule has 3 nitrogen and oxygen atoms in total. The Kier molecular flexibility index (Phi) is 7.01. The van der Waals surface area contributed by atoms with Gasteiger partial charge in [0.1, 0.15) is 0 Å². The average Bonchev–Trinajstić information content (AvgIpc) is 2.65. The van der Waals surface area contributed by atoms with Gasteiger partial charge in [-0.25, -0.2) is 0 Å². The predicted octanol–water partition coefficient (Wildman–Crippen LogP) is 4.84. The highest BCUT2D eigenvalue weighted by Gasteiger charge is 2.19. The van der Waals surface area contributed by atoms with Crippen molar-refractivity contribution in [2.24, 2.45) is 0 Å². The van der Waals surface area contributed by atoms with Gasteiger partial charge in [-0.2, -0.15) is 0 Å². The van der Waals surface area contributed by atoms with E-state index in [1.165, 1.54) is 5.56 Å². The van der Waals surface area contributed by atoms with Crippen LogP contribution in [0, 0.1) is 0 Å². The molecule has 1 aliphatic rings. The maximum absolute atomic E-state index is 6.10. The van der Waals surface area contributed by atoms with Gasteiger partial charge in [-0.05, 0) is 47.6 Å². The fourth-order valence-electron chi connectivity index (χ4n) is 2.90. The van der Waals surface area contributed by atoms with E-state index < -0.39 is 0 Å². The number of hydrogen-bond acceptors (Lipinski definition) is 2. The Bertz CT molecular complexity index is 759. The summed E-state index contributed by atoms with van der Waals surface area (Å²) >= 11 is 23.5. The van der Waals surface area contributed by atoms with Gasteiger partial charge in [-0.1, -0.05) is 53.0 Å². The first-order valence-electron chi connectivity index (χ1n) is 8.45. The normalized spacial score (nSPS) is 15.1. The van der Waals surface area contributed by atoms with Crippen LogP contribution in [0.5, 0.6) is 0 Å². The van der Waals surface area contributed by atoms with Crippen molar-refractivity contribution in [3.05, 3.63) is 68.7 Å². The van der Waals surface area contributed by atoms with Crippen molar-refractivity contribution in [2.45, 2.75) is 13.1 Å². The number of hydrogen-bond donors (Lipinski definition) is 1. The zero-order valence-electron chi connectivity index (χ0n) is 14.2. The van der Waals surface area contributed by atoms with Crippen molar-refractivity contribution in [2.75, 3.05) is 26.2 Å². The summed E-state index contributed by atoms with van der Waals surface area (Å²) < 4.78 is 0. The second kappa shape index (κ2) is 9.25. The van der Waals surface area contributed by atoms with Crippen LogP contribution >= 0.6 is 47.0 Å². The Balaban J connectivity index is 1.44. The van der Waals surface area contributed by atoms with Crippen LogP contribution in [0.2, 0.25) is 15.1 Å². The summed E-state index contributed by atoms with van der Waals surface area (Å²) in [5.74, 6) is 0. The molecule has 1 aliphatic heterocycles. The molecule has 0 bridgehead atoms. The van der Waals surface area contributed by atoms with E-state index in [0.29, 0.717) is 16.6 Å². The third-order valence-electron chi connectivity index (χ3n) is 4.41. The van der Waals surface area contributed by atoms with E-state index >= 15 is 0 Å². The van der Waals surface area contributed by atoms with Crippen LogP contribution in [0.25, 0.3) is 0 Å². The number of piperazine rings is 1. The fourth-order valence-corrected chi connectivity index (χ4v) is 3.60. The van der Waals surface area contributed by atoms with Crippen LogP contribution in [0.1, 0.15) is 11.1 Å². The molecule has 0 aliphatic carbocycles. The van der Waals surface area contributed by atoms with Gasteiger partial charge in [-0.3, -0.25) is 4.90 Å². The highest BCUT2D eigenvalue weighted by atomic mass is 35.5. The van der Waals surface area contributed by atoms with Gasteiger partial charge < -0.3 is 10.2 Å². The van der Waals surface area contributed by atoms with Crippen LogP contribution in [0.3, 0.4) is 0 Å². The lowest BCUT2D eigenvalue weighted by Crippen LogP contribution is -2.51. The molecule has 2 aromatic rings. The molecule has 0 atom stereocenters. The minimum Gasteiger partial charge on any atom is -0.358 e. The lowest BCUT2D eigenvalue weighted by Gasteiger charge is -2.36. The van der Waals surface area contributed by atoms with Gasteiger partial charge in [0.2, 0.25) is 0 Å². The largest absolute Gasteiger partial charge is 0.358 e. The van der Waals surface area contributed by atoms with Crippen LogP contribution in [-0.4, -0.2) is 41.1 Å². The zero-order valence-corrected chi connectivity index (χ0v) is 17.3. The summed E-state index contributed by atoms with van der Waals surface area (Å²) in [6, 6.07) is 13.6. The van der Waals surface area contributed by atoms with Crippen LogP contribution in [0.15, 0.2) is 42.5 Å². The van der Waals surface area contributed by atoms with E-state index in [9.17, 15) is 0 Å². The summed E-state index contributed by atoms with van der Waals surface area (Å²) in [5, 5.41) is 6.08. The summed E-state index contributed by atoms with van der Waals surface area (Å²) in [6.45, 7) is 5.32. The number of nitrogens with one attached hydrogen (secondary N) is 1. The summed E-state index contributed by atoms with van der Waals surface area (Å²) in [6.07, 6.45) is 0. The summed E-state index contributed by atoms with van der Waals surface area (Å²) in [5.41, 5.74) is 2.34. The lowest BCUT2D eigenvalue weighted by atomic mass is 10.2. The predicted molar refractivity (Wildman–Crippen MR) is 114 cm³/mol. The van der Waals surface area contributed by atoms with Crippen molar-refractivity contribution in [1.82, 2.24) is 15.1 Å². The minimum absolute atomic E-state index is 0.595. The standard InChI is InChI=1S/C19H20Cl3N3S/c20-16-4-1-14(2-5-16)12-23-19(26)25-9-7-24(8-10-25)13-15-3-6-17(21)18(22)11-15/h1-6,11H,7-10,12-13H2,(H,23,26). The molecule has 1 fully saturated rings. The Hall–Kier alpha value is -1.04. The fraction of sp³-hybridized carbons (Fsp3) is 0.316. The number of benzene rings is 2. The molecule has 1 saturated heterocycles. The Morgan fingerprint density at radius 3 is 2.19 bits per heavy atom. The van der Waals surface area contributed by atoms with E-state index in [1.807, 2.05) is 42.5 Å². The molecule has 0 radical (unpaired) electrons. The maximum Gasteiger partial charge on any atom is 0.169 e. The molecule has 0 spiro atoms. The number of thiocarbonyl (C=S) groups is 1.